The van der Waals surface area contributed by atoms with Crippen molar-refractivity contribution in [2.24, 2.45) is 0 Å². The second kappa shape index (κ2) is 20.8. The molecule has 0 aromatic heterocycles. The minimum absolute atomic E-state index is 0.777. The van der Waals surface area contributed by atoms with Crippen LogP contribution in [0.1, 0.15) is 80.1 Å². The lowest BCUT2D eigenvalue weighted by atomic mass is 9.90. The van der Waals surface area contributed by atoms with Gasteiger partial charge in [-0.25, -0.2) is 0 Å². The first-order chi connectivity index (χ1) is 13.9. The topological polar surface area (TPSA) is 19.0 Å². The van der Waals surface area contributed by atoms with Gasteiger partial charge in [0.05, 0.1) is 0 Å². The summed E-state index contributed by atoms with van der Waals surface area (Å²) in [6, 6.07) is 2.46. The van der Waals surface area contributed by atoms with Crippen LogP contribution >= 0.6 is 0 Å². The highest BCUT2D eigenvalue weighted by Crippen LogP contribution is 2.24. The summed E-state index contributed by atoms with van der Waals surface area (Å²) < 4.78 is 5.27. The molecule has 176 valence electrons. The third-order valence-corrected chi connectivity index (χ3v) is 6.16. The van der Waals surface area contributed by atoms with Gasteiger partial charge < -0.3 is 19.4 Å². The molecular formula is C25H55N3O. The normalized spacial score (nSPS) is 22.5. The van der Waals surface area contributed by atoms with Crippen LogP contribution in [-0.2, 0) is 4.74 Å². The monoisotopic (exact) mass is 413 g/mol. The van der Waals surface area contributed by atoms with Crippen LogP contribution in [0.3, 0.4) is 0 Å². The molecule has 1 heterocycles. The summed E-state index contributed by atoms with van der Waals surface area (Å²) in [5.41, 5.74) is 0. The van der Waals surface area contributed by atoms with Gasteiger partial charge in [-0.3, -0.25) is 0 Å². The summed E-state index contributed by atoms with van der Waals surface area (Å²) in [6.07, 6.45) is 11.9. The molecule has 29 heavy (non-hydrogen) atoms. The zero-order valence-corrected chi connectivity index (χ0v) is 21.7. The Hall–Kier alpha value is -0.420. The van der Waals surface area contributed by atoms with E-state index in [-0.39, 0.29) is 0 Å². The van der Waals surface area contributed by atoms with E-state index in [2.05, 4.69) is 56.7 Å². The van der Waals surface area contributed by atoms with Crippen LogP contribution in [0.2, 0.25) is 0 Å². The van der Waals surface area contributed by atoms with Gasteiger partial charge in [-0.15, -0.1) is 0 Å². The van der Waals surface area contributed by atoms with Gasteiger partial charge in [-0.1, -0.05) is 39.8 Å². The molecule has 1 saturated heterocycles. The van der Waals surface area contributed by atoms with E-state index < -0.39 is 0 Å². The minimum atomic E-state index is 0.777. The minimum Gasteiger partial charge on any atom is -0.381 e. The van der Waals surface area contributed by atoms with Crippen LogP contribution < -0.4 is 0 Å². The zero-order chi connectivity index (χ0) is 22.7. The van der Waals surface area contributed by atoms with Crippen molar-refractivity contribution < 1.29 is 4.74 Å². The van der Waals surface area contributed by atoms with Crippen LogP contribution in [-0.4, -0.2) is 87.3 Å². The Morgan fingerprint density at radius 1 is 0.655 bits per heavy atom. The van der Waals surface area contributed by atoms with Crippen LogP contribution in [0.15, 0.2) is 12.2 Å². The Morgan fingerprint density at radius 3 is 1.31 bits per heavy atom. The zero-order valence-electron chi connectivity index (χ0n) is 21.7. The third kappa shape index (κ3) is 15.1. The lowest BCUT2D eigenvalue weighted by molar-refractivity contribution is 0.0447. The quantitative estimate of drug-likeness (QED) is 0.551. The van der Waals surface area contributed by atoms with E-state index in [4.69, 9.17) is 4.74 Å². The molecule has 0 amide bonds. The molecule has 2 rings (SSSR count). The van der Waals surface area contributed by atoms with E-state index in [1.165, 1.54) is 45.1 Å². The Kier molecular flexibility index (Phi) is 22.1. The molecule has 0 N–H and O–H groups in total. The van der Waals surface area contributed by atoms with Crippen molar-refractivity contribution in [3.05, 3.63) is 12.2 Å². The third-order valence-electron chi connectivity index (χ3n) is 6.16. The maximum absolute atomic E-state index is 5.27. The molecule has 1 aliphatic carbocycles. The van der Waals surface area contributed by atoms with Gasteiger partial charge in [0.25, 0.3) is 0 Å². The molecular weight excluding hydrogens is 358 g/mol. The fraction of sp³-hybridized carbons (Fsp3) is 0.920. The lowest BCUT2D eigenvalue weighted by Gasteiger charge is -2.36. The molecule has 0 unspecified atom stereocenters. The fourth-order valence-corrected chi connectivity index (χ4v) is 3.66. The van der Waals surface area contributed by atoms with Crippen molar-refractivity contribution in [3.8, 4) is 0 Å². The fourth-order valence-electron chi connectivity index (χ4n) is 3.66. The second-order valence-corrected chi connectivity index (χ2v) is 8.08. The molecule has 0 atom stereocenters. The molecule has 0 spiro atoms. The van der Waals surface area contributed by atoms with Gasteiger partial charge in [0.2, 0.25) is 0 Å². The van der Waals surface area contributed by atoms with Gasteiger partial charge in [-0.05, 0) is 93.7 Å². The van der Waals surface area contributed by atoms with E-state index in [0.717, 1.165) is 37.9 Å². The number of nitrogens with zero attached hydrogens (tertiary/aromatic N) is 3. The number of allylic oxidation sites excluding steroid dienone is 2. The molecule has 0 aromatic carbocycles. The van der Waals surface area contributed by atoms with Gasteiger partial charge in [0.15, 0.2) is 0 Å². The molecule has 2 aliphatic rings. The number of hydrogen-bond donors (Lipinski definition) is 0. The molecule has 4 heteroatoms. The molecule has 1 saturated carbocycles. The number of hydrogen-bond acceptors (Lipinski definition) is 4. The smallest absolute Gasteiger partial charge is 0.0480 e. The predicted octanol–water partition coefficient (Wildman–Crippen LogP) is 5.54. The highest BCUT2D eigenvalue weighted by Gasteiger charge is 2.24. The summed E-state index contributed by atoms with van der Waals surface area (Å²) >= 11 is 0. The Balaban J connectivity index is 0. The van der Waals surface area contributed by atoms with E-state index in [1.807, 2.05) is 39.8 Å². The van der Waals surface area contributed by atoms with Crippen molar-refractivity contribution in [2.45, 2.75) is 98.2 Å². The number of ether oxygens (including phenoxy) is 1. The molecule has 2 fully saturated rings. The molecule has 0 aromatic rings. The van der Waals surface area contributed by atoms with E-state index in [0.29, 0.717) is 0 Å². The summed E-state index contributed by atoms with van der Waals surface area (Å²) in [6.45, 7) is 16.7. The van der Waals surface area contributed by atoms with E-state index >= 15 is 0 Å². The molecule has 0 radical (unpaired) electrons. The van der Waals surface area contributed by atoms with Crippen molar-refractivity contribution >= 4 is 0 Å². The van der Waals surface area contributed by atoms with Crippen LogP contribution in [0.4, 0.5) is 0 Å². The number of rotatable bonds is 5. The average molecular weight is 414 g/mol. The Labute approximate surface area is 184 Å². The largest absolute Gasteiger partial charge is 0.381 e. The predicted molar refractivity (Wildman–Crippen MR) is 132 cm³/mol. The first kappa shape index (κ1) is 30.8. The molecule has 0 bridgehead atoms. The van der Waals surface area contributed by atoms with Gasteiger partial charge >= 0.3 is 0 Å². The summed E-state index contributed by atoms with van der Waals surface area (Å²) in [4.78, 5) is 7.27. The van der Waals surface area contributed by atoms with Gasteiger partial charge in [-0.2, -0.15) is 0 Å². The summed E-state index contributed by atoms with van der Waals surface area (Å²) in [5.74, 6) is 0. The van der Waals surface area contributed by atoms with Crippen LogP contribution in [0.5, 0.6) is 0 Å². The van der Waals surface area contributed by atoms with Crippen LogP contribution in [0.25, 0.3) is 0 Å². The molecule has 4 nitrogen and oxygen atoms in total. The second-order valence-electron chi connectivity index (χ2n) is 8.08. The standard InChI is InChI=1S/C11H24N2.C8H17NO.C4H8.C2H6/c1-5-13(4)11-8-6-10(7-9-11)12(2)3;1-3-9(2)8-4-6-10-7-5-8;1-3-4-2;1-2/h10-11H,5-9H2,1-4H3;8H,3-7H2,1-2H3;3-4H,1-2H3;1-2H3. The van der Waals surface area contributed by atoms with E-state index in [1.54, 1.807) is 0 Å². The maximum Gasteiger partial charge on any atom is 0.0480 e. The van der Waals surface area contributed by atoms with Crippen molar-refractivity contribution in [3.63, 3.8) is 0 Å². The SMILES string of the molecule is CC.CC=CC.CCN(C)C1CCC(N(C)C)CC1.CCN(C)C1CCOCC1. The highest BCUT2D eigenvalue weighted by atomic mass is 16.5. The van der Waals surface area contributed by atoms with Crippen molar-refractivity contribution in [1.29, 1.82) is 0 Å². The van der Waals surface area contributed by atoms with Crippen molar-refractivity contribution in [2.75, 3.05) is 54.5 Å². The van der Waals surface area contributed by atoms with Crippen molar-refractivity contribution in [1.82, 2.24) is 14.7 Å². The Morgan fingerprint density at radius 2 is 1.00 bits per heavy atom. The summed E-state index contributed by atoms with van der Waals surface area (Å²) in [5, 5.41) is 0. The van der Waals surface area contributed by atoms with E-state index in [9.17, 15) is 0 Å². The molecule has 1 aliphatic heterocycles. The first-order valence-electron chi connectivity index (χ1n) is 12.1. The highest BCUT2D eigenvalue weighted by molar-refractivity contribution is 4.81. The van der Waals surface area contributed by atoms with Gasteiger partial charge in [0.1, 0.15) is 0 Å². The average Bonchev–Trinajstić information content (AvgIpc) is 2.80. The Bertz CT molecular complexity index is 342. The first-order valence-corrected chi connectivity index (χ1v) is 12.1. The van der Waals surface area contributed by atoms with Crippen LogP contribution in [0, 0.1) is 0 Å². The maximum atomic E-state index is 5.27. The lowest BCUT2D eigenvalue weighted by Crippen LogP contribution is -2.40. The van der Waals surface area contributed by atoms with Gasteiger partial charge in [0, 0.05) is 31.3 Å². The summed E-state index contributed by atoms with van der Waals surface area (Å²) in [7, 11) is 8.85.